The van der Waals surface area contributed by atoms with Gasteiger partial charge in [0.2, 0.25) is 0 Å². The Morgan fingerprint density at radius 3 is 2.60 bits per heavy atom. The molecular weight excluding hydrogens is 275 g/mol. The van der Waals surface area contributed by atoms with Gasteiger partial charge < -0.3 is 0 Å². The summed E-state index contributed by atoms with van der Waals surface area (Å²) < 4.78 is 2.94. The molecule has 0 fully saturated rings. The molecule has 0 saturated carbocycles. The first-order valence-corrected chi connectivity index (χ1v) is 5.90. The van der Waals surface area contributed by atoms with Crippen molar-refractivity contribution in [2.75, 3.05) is 0 Å². The molecule has 0 aromatic carbocycles. The first-order chi connectivity index (χ1) is 6.89. The van der Waals surface area contributed by atoms with Gasteiger partial charge in [-0.15, -0.1) is 0 Å². The fourth-order valence-electron chi connectivity index (χ4n) is 1.47. The van der Waals surface area contributed by atoms with E-state index in [1.807, 2.05) is 22.7 Å². The highest BCUT2D eigenvalue weighted by Gasteiger charge is 2.22. The monoisotopic (exact) mass is 286 g/mol. The van der Waals surface area contributed by atoms with E-state index in [2.05, 4.69) is 41.7 Å². The third kappa shape index (κ3) is 1.91. The van der Waals surface area contributed by atoms with Crippen molar-refractivity contribution in [3.8, 4) is 0 Å². The lowest BCUT2D eigenvalue weighted by Crippen LogP contribution is -2.12. The number of fused-ring (bicyclic) bond motifs is 1. The molecule has 2 heterocycles. The van der Waals surface area contributed by atoms with Crippen molar-refractivity contribution in [2.24, 2.45) is 0 Å². The van der Waals surface area contributed by atoms with E-state index in [4.69, 9.17) is 11.6 Å². The molecule has 2 aromatic rings. The van der Waals surface area contributed by atoms with Crippen LogP contribution in [0.5, 0.6) is 0 Å². The van der Waals surface area contributed by atoms with Crippen LogP contribution in [0.4, 0.5) is 0 Å². The number of imidazole rings is 1. The summed E-state index contributed by atoms with van der Waals surface area (Å²) in [7, 11) is 0. The van der Waals surface area contributed by atoms with Gasteiger partial charge in [-0.25, -0.2) is 4.98 Å². The summed E-state index contributed by atoms with van der Waals surface area (Å²) in [6.45, 7) is 6.42. The zero-order chi connectivity index (χ0) is 11.2. The normalized spacial score (nSPS) is 12.3. The lowest BCUT2D eigenvalue weighted by molar-refractivity contribution is 0.569. The molecular formula is C11H12BrClN2. The van der Waals surface area contributed by atoms with Crippen molar-refractivity contribution in [1.29, 1.82) is 0 Å². The lowest BCUT2D eigenvalue weighted by atomic mass is 9.93. The minimum Gasteiger partial charge on any atom is -0.292 e. The van der Waals surface area contributed by atoms with Crippen molar-refractivity contribution in [3.05, 3.63) is 33.6 Å². The quantitative estimate of drug-likeness (QED) is 0.714. The van der Waals surface area contributed by atoms with Crippen LogP contribution in [0.25, 0.3) is 5.65 Å². The standard InChI is InChI=1S/C11H12BrClN2/c1-11(2,3)9-10(12)15-6-7(13)4-5-8(15)14-9/h4-6H,1-3H3. The molecule has 0 amide bonds. The Balaban J connectivity index is 2.76. The number of aromatic nitrogens is 2. The van der Waals surface area contributed by atoms with E-state index in [-0.39, 0.29) is 5.41 Å². The number of nitrogens with zero attached hydrogens (tertiary/aromatic N) is 2. The summed E-state index contributed by atoms with van der Waals surface area (Å²) in [6, 6.07) is 3.77. The smallest absolute Gasteiger partial charge is 0.138 e. The third-order valence-electron chi connectivity index (χ3n) is 2.23. The molecule has 0 aliphatic heterocycles. The molecule has 0 spiro atoms. The zero-order valence-corrected chi connectivity index (χ0v) is 11.2. The second-order valence-corrected chi connectivity index (χ2v) is 5.76. The van der Waals surface area contributed by atoms with Crippen LogP contribution < -0.4 is 0 Å². The van der Waals surface area contributed by atoms with Crippen molar-refractivity contribution in [2.45, 2.75) is 26.2 Å². The average molecular weight is 288 g/mol. The molecule has 0 aliphatic carbocycles. The lowest BCUT2D eigenvalue weighted by Gasteiger charge is -2.15. The highest BCUT2D eigenvalue weighted by molar-refractivity contribution is 9.10. The summed E-state index contributed by atoms with van der Waals surface area (Å²) in [4.78, 5) is 4.58. The fraction of sp³-hybridized carbons (Fsp3) is 0.364. The maximum Gasteiger partial charge on any atom is 0.138 e. The molecule has 0 saturated heterocycles. The second kappa shape index (κ2) is 3.49. The van der Waals surface area contributed by atoms with Gasteiger partial charge in [0.05, 0.1) is 10.7 Å². The zero-order valence-electron chi connectivity index (χ0n) is 8.88. The molecule has 0 bridgehead atoms. The Hall–Kier alpha value is -0.540. The van der Waals surface area contributed by atoms with Crippen LogP contribution in [0, 0.1) is 0 Å². The van der Waals surface area contributed by atoms with Crippen LogP contribution in [0.3, 0.4) is 0 Å². The molecule has 2 nitrogen and oxygen atoms in total. The Labute approximate surface area is 102 Å². The molecule has 2 aromatic heterocycles. The minimum atomic E-state index is 0.0251. The molecule has 15 heavy (non-hydrogen) atoms. The maximum absolute atomic E-state index is 5.94. The van der Waals surface area contributed by atoms with E-state index >= 15 is 0 Å². The summed E-state index contributed by atoms with van der Waals surface area (Å²) in [6.07, 6.45) is 1.86. The first-order valence-electron chi connectivity index (χ1n) is 4.73. The van der Waals surface area contributed by atoms with Crippen molar-refractivity contribution >= 4 is 33.2 Å². The second-order valence-electron chi connectivity index (χ2n) is 4.58. The predicted octanol–water partition coefficient (Wildman–Crippen LogP) is 4.05. The first kappa shape index (κ1) is 11.0. The number of pyridine rings is 1. The number of hydrogen-bond donors (Lipinski definition) is 0. The molecule has 0 atom stereocenters. The molecule has 0 radical (unpaired) electrons. The average Bonchev–Trinajstić information content (AvgIpc) is 2.43. The number of halogens is 2. The van der Waals surface area contributed by atoms with E-state index < -0.39 is 0 Å². The van der Waals surface area contributed by atoms with Gasteiger partial charge in [-0.1, -0.05) is 32.4 Å². The van der Waals surface area contributed by atoms with Gasteiger partial charge >= 0.3 is 0 Å². The molecule has 80 valence electrons. The van der Waals surface area contributed by atoms with E-state index in [0.29, 0.717) is 5.02 Å². The van der Waals surface area contributed by atoms with E-state index in [1.54, 1.807) is 0 Å². The molecule has 4 heteroatoms. The predicted molar refractivity (Wildman–Crippen MR) is 66.6 cm³/mol. The third-order valence-corrected chi connectivity index (χ3v) is 3.22. The van der Waals surface area contributed by atoms with Crippen LogP contribution in [0.1, 0.15) is 26.5 Å². The van der Waals surface area contributed by atoms with E-state index in [0.717, 1.165) is 15.9 Å². The largest absolute Gasteiger partial charge is 0.292 e. The number of hydrogen-bond acceptors (Lipinski definition) is 1. The maximum atomic E-state index is 5.94. The van der Waals surface area contributed by atoms with Crippen molar-refractivity contribution < 1.29 is 0 Å². The van der Waals surface area contributed by atoms with E-state index in [1.165, 1.54) is 0 Å². The Morgan fingerprint density at radius 1 is 1.33 bits per heavy atom. The van der Waals surface area contributed by atoms with Gasteiger partial charge in [0.15, 0.2) is 0 Å². The molecule has 0 aliphatic rings. The van der Waals surface area contributed by atoms with Crippen molar-refractivity contribution in [1.82, 2.24) is 9.38 Å². The van der Waals surface area contributed by atoms with Gasteiger partial charge in [0.25, 0.3) is 0 Å². The number of rotatable bonds is 0. The summed E-state index contributed by atoms with van der Waals surface area (Å²) in [5.41, 5.74) is 1.98. The highest BCUT2D eigenvalue weighted by Crippen LogP contribution is 2.30. The molecule has 0 N–H and O–H groups in total. The minimum absolute atomic E-state index is 0.0251. The Bertz CT molecular complexity index is 511. The van der Waals surface area contributed by atoms with Crippen LogP contribution in [-0.2, 0) is 5.41 Å². The van der Waals surface area contributed by atoms with Crippen LogP contribution in [0.2, 0.25) is 5.02 Å². The van der Waals surface area contributed by atoms with Gasteiger partial charge in [-0.05, 0) is 28.1 Å². The van der Waals surface area contributed by atoms with Crippen LogP contribution >= 0.6 is 27.5 Å². The van der Waals surface area contributed by atoms with Gasteiger partial charge in [0, 0.05) is 11.6 Å². The van der Waals surface area contributed by atoms with Gasteiger partial charge in [-0.2, -0.15) is 0 Å². The summed E-state index contributed by atoms with van der Waals surface area (Å²) >= 11 is 9.51. The summed E-state index contributed by atoms with van der Waals surface area (Å²) in [5, 5.41) is 0.709. The molecule has 0 unspecified atom stereocenters. The van der Waals surface area contributed by atoms with Gasteiger partial charge in [0.1, 0.15) is 10.3 Å². The van der Waals surface area contributed by atoms with Crippen LogP contribution in [0.15, 0.2) is 22.9 Å². The van der Waals surface area contributed by atoms with E-state index in [9.17, 15) is 0 Å². The van der Waals surface area contributed by atoms with Crippen molar-refractivity contribution in [3.63, 3.8) is 0 Å². The topological polar surface area (TPSA) is 17.3 Å². The summed E-state index contributed by atoms with van der Waals surface area (Å²) in [5.74, 6) is 0. The molecule has 2 rings (SSSR count). The van der Waals surface area contributed by atoms with Crippen LogP contribution in [-0.4, -0.2) is 9.38 Å². The van der Waals surface area contributed by atoms with Gasteiger partial charge in [-0.3, -0.25) is 4.40 Å². The fourth-order valence-corrected chi connectivity index (χ4v) is 2.60. The SMILES string of the molecule is CC(C)(C)c1nc2ccc(Cl)cn2c1Br. The Kier molecular flexibility index (Phi) is 2.55. The Morgan fingerprint density at radius 2 is 2.00 bits per heavy atom. The highest BCUT2D eigenvalue weighted by atomic mass is 79.9.